The predicted molar refractivity (Wildman–Crippen MR) is 78.9 cm³/mol. The smallest absolute Gasteiger partial charge is 0.208 e. The standard InChI is InChI=1S/C13H17N5O2S/c1-21(19,20)18-10-7-11(14-8-10)13-15-12(16-17-13)9-5-3-2-4-6-9/h2-6,10-11,14,18H,7-8H2,1H3,(H,15,16,17). The molecule has 1 aromatic heterocycles. The molecule has 3 rings (SSSR count). The maximum Gasteiger partial charge on any atom is 0.208 e. The number of nitrogens with one attached hydrogen (secondary N) is 3. The van der Waals surface area contributed by atoms with E-state index in [1.807, 2.05) is 30.3 Å². The van der Waals surface area contributed by atoms with Crippen molar-refractivity contribution < 1.29 is 8.42 Å². The van der Waals surface area contributed by atoms with Crippen LogP contribution in [0.25, 0.3) is 11.4 Å². The Kier molecular flexibility index (Phi) is 3.75. The lowest BCUT2D eigenvalue weighted by Crippen LogP contribution is -2.35. The van der Waals surface area contributed by atoms with Gasteiger partial charge in [-0.1, -0.05) is 30.3 Å². The molecule has 2 heterocycles. The van der Waals surface area contributed by atoms with Gasteiger partial charge in [0.25, 0.3) is 0 Å². The van der Waals surface area contributed by atoms with Crippen LogP contribution in [0.2, 0.25) is 0 Å². The highest BCUT2D eigenvalue weighted by Crippen LogP contribution is 2.23. The summed E-state index contributed by atoms with van der Waals surface area (Å²) in [5.74, 6) is 1.37. The summed E-state index contributed by atoms with van der Waals surface area (Å²) in [5, 5.41) is 10.4. The minimum Gasteiger partial charge on any atom is -0.306 e. The van der Waals surface area contributed by atoms with Crippen LogP contribution in [0.4, 0.5) is 0 Å². The van der Waals surface area contributed by atoms with Crippen LogP contribution in [0.1, 0.15) is 18.3 Å². The number of rotatable bonds is 4. The third-order valence-corrected chi connectivity index (χ3v) is 4.14. The minimum atomic E-state index is -3.19. The SMILES string of the molecule is CS(=O)(=O)NC1CNC(c2nc(-c3ccccc3)n[nH]2)C1. The summed E-state index contributed by atoms with van der Waals surface area (Å²) in [6.07, 6.45) is 1.82. The van der Waals surface area contributed by atoms with E-state index in [-0.39, 0.29) is 12.1 Å². The Hall–Kier alpha value is -1.77. The van der Waals surface area contributed by atoms with Gasteiger partial charge >= 0.3 is 0 Å². The first-order chi connectivity index (χ1) is 10.0. The second kappa shape index (κ2) is 5.55. The van der Waals surface area contributed by atoms with E-state index in [0.717, 1.165) is 11.4 Å². The molecule has 112 valence electrons. The van der Waals surface area contributed by atoms with Crippen LogP contribution in [0.5, 0.6) is 0 Å². The number of nitrogens with zero attached hydrogens (tertiary/aromatic N) is 2. The second-order valence-corrected chi connectivity index (χ2v) is 6.97. The fourth-order valence-corrected chi connectivity index (χ4v) is 3.27. The number of aromatic amines is 1. The number of aromatic nitrogens is 3. The lowest BCUT2D eigenvalue weighted by Gasteiger charge is -2.08. The van der Waals surface area contributed by atoms with Crippen molar-refractivity contribution in [3.63, 3.8) is 0 Å². The fourth-order valence-electron chi connectivity index (χ4n) is 2.48. The molecule has 1 aliphatic heterocycles. The molecule has 2 aromatic rings. The topological polar surface area (TPSA) is 99.8 Å². The van der Waals surface area contributed by atoms with Crippen LogP contribution in [-0.2, 0) is 10.0 Å². The predicted octanol–water partition coefficient (Wildman–Crippen LogP) is 0.424. The van der Waals surface area contributed by atoms with Crippen LogP contribution in [0.15, 0.2) is 30.3 Å². The van der Waals surface area contributed by atoms with E-state index in [1.165, 1.54) is 6.26 Å². The monoisotopic (exact) mass is 307 g/mol. The number of hydrogen-bond acceptors (Lipinski definition) is 5. The molecule has 0 bridgehead atoms. The molecule has 1 saturated heterocycles. The quantitative estimate of drug-likeness (QED) is 0.760. The Balaban J connectivity index is 1.71. The van der Waals surface area contributed by atoms with Gasteiger partial charge in [-0.25, -0.2) is 18.1 Å². The molecule has 1 aromatic carbocycles. The summed E-state index contributed by atoms with van der Waals surface area (Å²) >= 11 is 0. The molecular weight excluding hydrogens is 290 g/mol. The Bertz CT molecular complexity index is 713. The fraction of sp³-hybridized carbons (Fsp3) is 0.385. The van der Waals surface area contributed by atoms with E-state index in [1.54, 1.807) is 0 Å². The van der Waals surface area contributed by atoms with Crippen molar-refractivity contribution >= 4 is 10.0 Å². The van der Waals surface area contributed by atoms with E-state index < -0.39 is 10.0 Å². The molecule has 0 saturated carbocycles. The van der Waals surface area contributed by atoms with E-state index in [9.17, 15) is 8.42 Å². The third kappa shape index (κ3) is 3.46. The van der Waals surface area contributed by atoms with Gasteiger partial charge in [-0.2, -0.15) is 5.10 Å². The van der Waals surface area contributed by atoms with Gasteiger partial charge in [-0.15, -0.1) is 0 Å². The molecular formula is C13H17N5O2S. The highest BCUT2D eigenvalue weighted by molar-refractivity contribution is 7.88. The summed E-state index contributed by atoms with van der Waals surface area (Å²) < 4.78 is 25.1. The first kappa shape index (κ1) is 14.2. The molecule has 2 atom stereocenters. The molecule has 0 spiro atoms. The van der Waals surface area contributed by atoms with Crippen molar-refractivity contribution in [2.75, 3.05) is 12.8 Å². The van der Waals surface area contributed by atoms with Crippen molar-refractivity contribution in [3.8, 4) is 11.4 Å². The highest BCUT2D eigenvalue weighted by atomic mass is 32.2. The summed E-state index contributed by atoms with van der Waals surface area (Å²) in [6, 6.07) is 9.57. The van der Waals surface area contributed by atoms with Crippen LogP contribution in [0, 0.1) is 0 Å². The van der Waals surface area contributed by atoms with E-state index in [2.05, 4.69) is 25.2 Å². The van der Waals surface area contributed by atoms with Crippen molar-refractivity contribution in [3.05, 3.63) is 36.2 Å². The molecule has 0 radical (unpaired) electrons. The lowest BCUT2D eigenvalue weighted by molar-refractivity contribution is 0.557. The van der Waals surface area contributed by atoms with Gasteiger partial charge in [0.2, 0.25) is 10.0 Å². The van der Waals surface area contributed by atoms with Crippen LogP contribution >= 0.6 is 0 Å². The van der Waals surface area contributed by atoms with Gasteiger partial charge in [-0.05, 0) is 6.42 Å². The molecule has 8 heteroatoms. The van der Waals surface area contributed by atoms with E-state index in [4.69, 9.17) is 0 Å². The maximum absolute atomic E-state index is 11.2. The van der Waals surface area contributed by atoms with Gasteiger partial charge in [0.05, 0.1) is 12.3 Å². The van der Waals surface area contributed by atoms with E-state index in [0.29, 0.717) is 18.8 Å². The molecule has 21 heavy (non-hydrogen) atoms. The van der Waals surface area contributed by atoms with Crippen molar-refractivity contribution in [1.82, 2.24) is 25.2 Å². The second-order valence-electron chi connectivity index (χ2n) is 5.19. The molecule has 3 N–H and O–H groups in total. The van der Waals surface area contributed by atoms with Crippen molar-refractivity contribution in [2.24, 2.45) is 0 Å². The van der Waals surface area contributed by atoms with Gasteiger partial charge in [0.15, 0.2) is 5.82 Å². The van der Waals surface area contributed by atoms with Gasteiger partial charge in [0, 0.05) is 18.2 Å². The van der Waals surface area contributed by atoms with E-state index >= 15 is 0 Å². The highest BCUT2D eigenvalue weighted by Gasteiger charge is 2.29. The summed E-state index contributed by atoms with van der Waals surface area (Å²) in [5.41, 5.74) is 0.948. The Morgan fingerprint density at radius 3 is 2.76 bits per heavy atom. The van der Waals surface area contributed by atoms with Crippen LogP contribution in [0.3, 0.4) is 0 Å². The lowest BCUT2D eigenvalue weighted by atomic mass is 10.2. The third-order valence-electron chi connectivity index (χ3n) is 3.38. The van der Waals surface area contributed by atoms with Crippen LogP contribution < -0.4 is 10.0 Å². The molecule has 1 aliphatic rings. The van der Waals surface area contributed by atoms with Crippen LogP contribution in [-0.4, -0.2) is 42.4 Å². The zero-order valence-electron chi connectivity index (χ0n) is 11.6. The molecule has 2 unspecified atom stereocenters. The first-order valence-electron chi connectivity index (χ1n) is 6.70. The number of H-pyrrole nitrogens is 1. The molecule has 0 amide bonds. The summed E-state index contributed by atoms with van der Waals surface area (Å²) in [6.45, 7) is 0.582. The van der Waals surface area contributed by atoms with Gasteiger partial charge in [0.1, 0.15) is 5.82 Å². The molecule has 1 fully saturated rings. The largest absolute Gasteiger partial charge is 0.306 e. The normalized spacial score (nSPS) is 22.5. The minimum absolute atomic E-state index is 0.0192. The number of benzene rings is 1. The number of sulfonamides is 1. The zero-order chi connectivity index (χ0) is 14.9. The van der Waals surface area contributed by atoms with Crippen molar-refractivity contribution in [2.45, 2.75) is 18.5 Å². The zero-order valence-corrected chi connectivity index (χ0v) is 12.4. The average Bonchev–Trinajstić information content (AvgIpc) is 3.06. The Morgan fingerprint density at radius 1 is 1.29 bits per heavy atom. The average molecular weight is 307 g/mol. The Labute approximate surface area is 123 Å². The van der Waals surface area contributed by atoms with Gasteiger partial charge in [-0.3, -0.25) is 5.10 Å². The molecule has 7 nitrogen and oxygen atoms in total. The number of hydrogen-bond donors (Lipinski definition) is 3. The molecule has 0 aliphatic carbocycles. The summed E-state index contributed by atoms with van der Waals surface area (Å²) in [4.78, 5) is 4.49. The maximum atomic E-state index is 11.2. The Morgan fingerprint density at radius 2 is 2.05 bits per heavy atom. The summed E-state index contributed by atoms with van der Waals surface area (Å²) in [7, 11) is -3.19. The first-order valence-corrected chi connectivity index (χ1v) is 8.59. The van der Waals surface area contributed by atoms with Gasteiger partial charge < -0.3 is 5.32 Å². The van der Waals surface area contributed by atoms with Crippen molar-refractivity contribution in [1.29, 1.82) is 0 Å².